The van der Waals surface area contributed by atoms with Gasteiger partial charge in [0.1, 0.15) is 5.69 Å². The second-order valence-corrected chi connectivity index (χ2v) is 5.34. The Morgan fingerprint density at radius 2 is 2.13 bits per heavy atom. The van der Waals surface area contributed by atoms with Gasteiger partial charge >= 0.3 is 5.97 Å². The minimum Gasteiger partial charge on any atom is -0.464 e. The van der Waals surface area contributed by atoms with Gasteiger partial charge < -0.3 is 13.8 Å². The number of nitrogens with zero attached hydrogens (tertiary/aromatic N) is 5. The monoisotopic (exact) mass is 315 g/mol. The summed E-state index contributed by atoms with van der Waals surface area (Å²) in [6.45, 7) is 1.97. The van der Waals surface area contributed by atoms with Gasteiger partial charge in [-0.2, -0.15) is 10.1 Å². The molecule has 8 heteroatoms. The second-order valence-electron chi connectivity index (χ2n) is 5.34. The van der Waals surface area contributed by atoms with Crippen LogP contribution in [0.25, 0.3) is 11.4 Å². The Kier molecular flexibility index (Phi) is 3.73. The van der Waals surface area contributed by atoms with Crippen LogP contribution >= 0.6 is 0 Å². The molecular weight excluding hydrogens is 298 g/mol. The van der Waals surface area contributed by atoms with Crippen LogP contribution in [0.5, 0.6) is 0 Å². The highest BCUT2D eigenvalue weighted by atomic mass is 16.5. The summed E-state index contributed by atoms with van der Waals surface area (Å²) in [6.07, 6.45) is 5.44. The predicted molar refractivity (Wildman–Crippen MR) is 80.8 cm³/mol. The van der Waals surface area contributed by atoms with Gasteiger partial charge in [-0.05, 0) is 13.0 Å². The molecule has 0 spiro atoms. The topological polar surface area (TPSA) is 88.0 Å². The van der Waals surface area contributed by atoms with E-state index in [0.29, 0.717) is 23.0 Å². The first-order valence-corrected chi connectivity index (χ1v) is 7.06. The van der Waals surface area contributed by atoms with Crippen LogP contribution in [0.4, 0.5) is 0 Å². The first kappa shape index (κ1) is 15.0. The lowest BCUT2D eigenvalue weighted by atomic mass is 10.1. The van der Waals surface area contributed by atoms with Crippen molar-refractivity contribution in [2.75, 3.05) is 7.11 Å². The van der Waals surface area contributed by atoms with Crippen LogP contribution in [-0.2, 0) is 18.8 Å². The number of carbonyl (C=O) groups is 1. The van der Waals surface area contributed by atoms with Crippen molar-refractivity contribution in [3.8, 4) is 11.4 Å². The molecule has 0 fully saturated rings. The molecule has 1 unspecified atom stereocenters. The molecule has 0 aliphatic carbocycles. The Balaban J connectivity index is 1.89. The molecular formula is C15H17N5O3. The van der Waals surface area contributed by atoms with Crippen molar-refractivity contribution in [1.29, 1.82) is 0 Å². The Hall–Kier alpha value is -2.90. The van der Waals surface area contributed by atoms with Crippen molar-refractivity contribution in [3.63, 3.8) is 0 Å². The Morgan fingerprint density at radius 3 is 2.78 bits per heavy atom. The molecule has 3 heterocycles. The molecule has 120 valence electrons. The summed E-state index contributed by atoms with van der Waals surface area (Å²) < 4.78 is 13.5. The normalized spacial score (nSPS) is 12.3. The van der Waals surface area contributed by atoms with Crippen LogP contribution in [0.2, 0.25) is 0 Å². The highest BCUT2D eigenvalue weighted by Gasteiger charge is 2.20. The van der Waals surface area contributed by atoms with Crippen molar-refractivity contribution >= 4 is 5.97 Å². The van der Waals surface area contributed by atoms with Crippen molar-refractivity contribution in [3.05, 3.63) is 41.8 Å². The van der Waals surface area contributed by atoms with Gasteiger partial charge in [0.25, 0.3) is 0 Å². The number of hydrogen-bond donors (Lipinski definition) is 0. The summed E-state index contributed by atoms with van der Waals surface area (Å²) in [5, 5.41) is 8.14. The lowest BCUT2D eigenvalue weighted by Crippen LogP contribution is -2.06. The number of esters is 1. The third kappa shape index (κ3) is 2.75. The van der Waals surface area contributed by atoms with E-state index >= 15 is 0 Å². The molecule has 3 aromatic heterocycles. The average Bonchev–Trinajstić information content (AvgIpc) is 3.24. The smallest absolute Gasteiger partial charge is 0.354 e. The van der Waals surface area contributed by atoms with Gasteiger partial charge in [-0.25, -0.2) is 4.79 Å². The molecule has 0 aromatic carbocycles. The maximum atomic E-state index is 11.7. The first-order chi connectivity index (χ1) is 11.0. The molecule has 3 rings (SSSR count). The highest BCUT2D eigenvalue weighted by Crippen LogP contribution is 2.25. The van der Waals surface area contributed by atoms with E-state index < -0.39 is 5.97 Å². The third-order valence-electron chi connectivity index (χ3n) is 3.69. The first-order valence-electron chi connectivity index (χ1n) is 7.06. The number of hydrogen-bond acceptors (Lipinski definition) is 6. The highest BCUT2D eigenvalue weighted by molar-refractivity contribution is 5.89. The molecule has 0 saturated carbocycles. The van der Waals surface area contributed by atoms with Crippen LogP contribution in [0.3, 0.4) is 0 Å². The largest absolute Gasteiger partial charge is 0.464 e. The number of ether oxygens (including phenoxy) is 1. The summed E-state index contributed by atoms with van der Waals surface area (Å²) in [6, 6.07) is 1.68. The molecule has 0 aliphatic heterocycles. The number of aromatic nitrogens is 5. The molecule has 0 N–H and O–H groups in total. The van der Waals surface area contributed by atoms with Crippen molar-refractivity contribution in [2.24, 2.45) is 14.1 Å². The molecule has 3 aromatic rings. The third-order valence-corrected chi connectivity index (χ3v) is 3.69. The number of aryl methyl sites for hydroxylation is 2. The van der Waals surface area contributed by atoms with E-state index in [0.717, 1.165) is 5.56 Å². The van der Waals surface area contributed by atoms with Crippen LogP contribution < -0.4 is 0 Å². The molecule has 0 amide bonds. The average molecular weight is 315 g/mol. The van der Waals surface area contributed by atoms with E-state index in [2.05, 4.69) is 15.2 Å². The Labute approximate surface area is 132 Å². The van der Waals surface area contributed by atoms with E-state index in [-0.39, 0.29) is 5.92 Å². The summed E-state index contributed by atoms with van der Waals surface area (Å²) in [5.41, 5.74) is 2.11. The summed E-state index contributed by atoms with van der Waals surface area (Å²) in [5.74, 6) is 0.456. The van der Waals surface area contributed by atoms with E-state index in [4.69, 9.17) is 9.26 Å². The quantitative estimate of drug-likeness (QED) is 0.682. The fourth-order valence-corrected chi connectivity index (χ4v) is 2.33. The number of methoxy groups -OCH3 is 1. The molecule has 1 atom stereocenters. The lowest BCUT2D eigenvalue weighted by molar-refractivity contribution is 0.0590. The predicted octanol–water partition coefficient (Wildman–Crippen LogP) is 1.75. The minimum absolute atomic E-state index is 0.0614. The molecule has 23 heavy (non-hydrogen) atoms. The standard InChI is InChI=1S/C15H17N5O3/c1-9(11-6-16-20(3)8-11)14-17-13(18-23-14)10-5-12(15(21)22-4)19(2)7-10/h5-9H,1-4H3. The van der Waals surface area contributed by atoms with Crippen molar-refractivity contribution < 1.29 is 14.1 Å². The van der Waals surface area contributed by atoms with Crippen LogP contribution in [0.1, 0.15) is 34.8 Å². The van der Waals surface area contributed by atoms with Gasteiger partial charge in [0, 0.05) is 37.6 Å². The van der Waals surface area contributed by atoms with Gasteiger partial charge in [-0.1, -0.05) is 5.16 Å². The molecule has 0 bridgehead atoms. The zero-order valence-corrected chi connectivity index (χ0v) is 13.3. The van der Waals surface area contributed by atoms with E-state index in [1.165, 1.54) is 7.11 Å². The van der Waals surface area contributed by atoms with Gasteiger partial charge in [-0.3, -0.25) is 4.68 Å². The lowest BCUT2D eigenvalue weighted by Gasteiger charge is -2.01. The maximum absolute atomic E-state index is 11.7. The zero-order chi connectivity index (χ0) is 16.6. The van der Waals surface area contributed by atoms with Gasteiger partial charge in [0.15, 0.2) is 0 Å². The summed E-state index contributed by atoms with van der Waals surface area (Å²) in [4.78, 5) is 16.1. The van der Waals surface area contributed by atoms with Crippen molar-refractivity contribution in [1.82, 2.24) is 24.5 Å². The molecule has 0 aliphatic rings. The van der Waals surface area contributed by atoms with Crippen molar-refractivity contribution in [2.45, 2.75) is 12.8 Å². The van der Waals surface area contributed by atoms with Gasteiger partial charge in [-0.15, -0.1) is 0 Å². The van der Waals surface area contributed by atoms with Gasteiger partial charge in [0.05, 0.1) is 19.2 Å². The Morgan fingerprint density at radius 1 is 1.35 bits per heavy atom. The molecule has 0 radical (unpaired) electrons. The van der Waals surface area contributed by atoms with Gasteiger partial charge in [0.2, 0.25) is 11.7 Å². The van der Waals surface area contributed by atoms with Crippen LogP contribution in [-0.4, -0.2) is 37.6 Å². The fourth-order valence-electron chi connectivity index (χ4n) is 2.33. The molecule has 0 saturated heterocycles. The minimum atomic E-state index is -0.411. The zero-order valence-electron chi connectivity index (χ0n) is 13.3. The fraction of sp³-hybridized carbons (Fsp3) is 0.333. The maximum Gasteiger partial charge on any atom is 0.354 e. The van der Waals surface area contributed by atoms with Crippen LogP contribution in [0.15, 0.2) is 29.2 Å². The van der Waals surface area contributed by atoms with Crippen LogP contribution in [0, 0.1) is 0 Å². The number of rotatable bonds is 4. The van der Waals surface area contributed by atoms with E-state index in [1.54, 1.807) is 34.8 Å². The number of carbonyl (C=O) groups excluding carboxylic acids is 1. The van der Waals surface area contributed by atoms with E-state index in [1.807, 2.05) is 20.2 Å². The Bertz CT molecular complexity index is 845. The second kappa shape index (κ2) is 5.71. The summed E-state index contributed by atoms with van der Waals surface area (Å²) in [7, 11) is 4.96. The van der Waals surface area contributed by atoms with E-state index in [9.17, 15) is 4.79 Å². The molecule has 8 nitrogen and oxygen atoms in total. The SMILES string of the molecule is COC(=O)c1cc(-c2noc(C(C)c3cnn(C)c3)n2)cn1C. The summed E-state index contributed by atoms with van der Waals surface area (Å²) >= 11 is 0.